The van der Waals surface area contributed by atoms with Crippen LogP contribution in [-0.2, 0) is 0 Å². The van der Waals surface area contributed by atoms with Crippen molar-refractivity contribution in [3.63, 3.8) is 0 Å². The third-order valence-corrected chi connectivity index (χ3v) is 2.92. The van der Waals surface area contributed by atoms with Gasteiger partial charge in [-0.05, 0) is 42.5 Å². The Morgan fingerprint density at radius 2 is 1.45 bits per heavy atom. The van der Waals surface area contributed by atoms with Gasteiger partial charge < -0.3 is 5.73 Å². The number of alkyl halides is 3. The fraction of sp³-hybridized carbons (Fsp3) is 0.0667. The molecule has 0 amide bonds. The third-order valence-electron chi connectivity index (χ3n) is 2.92. The fourth-order valence-corrected chi connectivity index (χ4v) is 1.81. The number of nitrogens with two attached hydrogens (primary N) is 1. The number of anilines is 1. The molecular formula is C15H9F4NO2. The van der Waals surface area contributed by atoms with Crippen LogP contribution in [0.3, 0.4) is 0 Å². The second-order valence-electron chi connectivity index (χ2n) is 4.46. The highest BCUT2D eigenvalue weighted by atomic mass is 19.4. The summed E-state index contributed by atoms with van der Waals surface area (Å²) in [6.07, 6.45) is -5.09. The molecule has 0 atom stereocenters. The van der Waals surface area contributed by atoms with Crippen molar-refractivity contribution in [2.24, 2.45) is 0 Å². The summed E-state index contributed by atoms with van der Waals surface area (Å²) in [6.45, 7) is 0. The second-order valence-corrected chi connectivity index (χ2v) is 4.46. The number of hydrogen-bond acceptors (Lipinski definition) is 3. The maximum absolute atomic E-state index is 12.8. The van der Waals surface area contributed by atoms with Gasteiger partial charge in [0.05, 0.1) is 5.56 Å². The third kappa shape index (κ3) is 3.13. The van der Waals surface area contributed by atoms with E-state index in [4.69, 9.17) is 5.73 Å². The average molecular weight is 311 g/mol. The van der Waals surface area contributed by atoms with Crippen LogP contribution in [0, 0.1) is 5.82 Å². The van der Waals surface area contributed by atoms with Gasteiger partial charge >= 0.3 is 6.18 Å². The number of Topliss-reactive ketones (excluding diaryl/α,β-unsaturated/α-hetero) is 1. The van der Waals surface area contributed by atoms with Crippen molar-refractivity contribution in [2.75, 3.05) is 5.73 Å². The van der Waals surface area contributed by atoms with E-state index < -0.39 is 29.1 Å². The van der Waals surface area contributed by atoms with Crippen LogP contribution in [0.5, 0.6) is 0 Å². The lowest BCUT2D eigenvalue weighted by atomic mass is 9.98. The first-order valence-corrected chi connectivity index (χ1v) is 6.01. The monoisotopic (exact) mass is 311 g/mol. The molecule has 0 heterocycles. The molecule has 0 bridgehead atoms. The van der Waals surface area contributed by atoms with E-state index in [2.05, 4.69) is 0 Å². The molecule has 0 aliphatic rings. The minimum atomic E-state index is -5.09. The lowest BCUT2D eigenvalue weighted by Crippen LogP contribution is -2.24. The minimum Gasteiger partial charge on any atom is -0.398 e. The van der Waals surface area contributed by atoms with E-state index in [0.29, 0.717) is 0 Å². The number of carbonyl (C=O) groups excluding carboxylic acids is 2. The van der Waals surface area contributed by atoms with E-state index in [1.54, 1.807) is 0 Å². The van der Waals surface area contributed by atoms with E-state index in [-0.39, 0.29) is 16.8 Å². The predicted molar refractivity (Wildman–Crippen MR) is 71.1 cm³/mol. The molecule has 0 unspecified atom stereocenters. The van der Waals surface area contributed by atoms with Gasteiger partial charge in [0.25, 0.3) is 5.78 Å². The van der Waals surface area contributed by atoms with Crippen LogP contribution < -0.4 is 5.73 Å². The standard InChI is InChI=1S/C15H9F4NO2/c16-10-4-1-8(2-5-10)13(21)9-3-6-12(20)11(7-9)14(22)15(17,18)19/h1-7H,20H2. The van der Waals surface area contributed by atoms with E-state index >= 15 is 0 Å². The molecule has 7 heteroatoms. The summed E-state index contributed by atoms with van der Waals surface area (Å²) in [6, 6.07) is 7.53. The SMILES string of the molecule is Nc1ccc(C(=O)c2ccc(F)cc2)cc1C(=O)C(F)(F)F. The number of carbonyl (C=O) groups is 2. The summed E-state index contributed by atoms with van der Waals surface area (Å²) in [5.74, 6) is -3.32. The molecule has 0 saturated carbocycles. The van der Waals surface area contributed by atoms with Gasteiger partial charge in [-0.3, -0.25) is 9.59 Å². The van der Waals surface area contributed by atoms with Gasteiger partial charge in [-0.25, -0.2) is 4.39 Å². The molecule has 2 N–H and O–H groups in total. The maximum atomic E-state index is 12.8. The van der Waals surface area contributed by atoms with Crippen LogP contribution in [-0.4, -0.2) is 17.7 Å². The van der Waals surface area contributed by atoms with Crippen molar-refractivity contribution < 1.29 is 27.2 Å². The summed E-state index contributed by atoms with van der Waals surface area (Å²) in [7, 11) is 0. The Labute approximate surface area is 122 Å². The van der Waals surface area contributed by atoms with Crippen LogP contribution in [0.2, 0.25) is 0 Å². The molecule has 22 heavy (non-hydrogen) atoms. The Morgan fingerprint density at radius 1 is 0.909 bits per heavy atom. The van der Waals surface area contributed by atoms with Gasteiger partial charge in [0.2, 0.25) is 0 Å². The van der Waals surface area contributed by atoms with E-state index in [1.807, 2.05) is 0 Å². The van der Waals surface area contributed by atoms with Gasteiger partial charge in [-0.1, -0.05) is 0 Å². The second kappa shape index (κ2) is 5.59. The van der Waals surface area contributed by atoms with E-state index in [1.165, 1.54) is 18.2 Å². The summed E-state index contributed by atoms with van der Waals surface area (Å²) < 4.78 is 50.3. The van der Waals surface area contributed by atoms with E-state index in [0.717, 1.165) is 24.3 Å². The molecule has 3 nitrogen and oxygen atoms in total. The van der Waals surface area contributed by atoms with Crippen molar-refractivity contribution in [3.8, 4) is 0 Å². The Bertz CT molecular complexity index is 736. The zero-order chi connectivity index (χ0) is 16.5. The Morgan fingerprint density at radius 3 is 2.00 bits per heavy atom. The lowest BCUT2D eigenvalue weighted by Gasteiger charge is -2.09. The first kappa shape index (κ1) is 15.7. The highest BCUT2D eigenvalue weighted by molar-refractivity contribution is 6.12. The topological polar surface area (TPSA) is 60.2 Å². The molecule has 0 saturated heterocycles. The van der Waals surface area contributed by atoms with Gasteiger partial charge in [-0.15, -0.1) is 0 Å². The summed E-state index contributed by atoms with van der Waals surface area (Å²) >= 11 is 0. The number of hydrogen-bond donors (Lipinski definition) is 1. The number of halogens is 4. The molecule has 0 radical (unpaired) electrons. The smallest absolute Gasteiger partial charge is 0.398 e. The molecule has 0 aliphatic carbocycles. The van der Waals surface area contributed by atoms with Gasteiger partial charge in [-0.2, -0.15) is 13.2 Å². The zero-order valence-electron chi connectivity index (χ0n) is 10.9. The number of nitrogen functional groups attached to an aromatic ring is 1. The highest BCUT2D eigenvalue weighted by Gasteiger charge is 2.40. The van der Waals surface area contributed by atoms with Gasteiger partial charge in [0.1, 0.15) is 5.82 Å². The summed E-state index contributed by atoms with van der Waals surface area (Å²) in [5, 5.41) is 0. The van der Waals surface area contributed by atoms with Crippen molar-refractivity contribution in [2.45, 2.75) is 6.18 Å². The largest absolute Gasteiger partial charge is 0.454 e. The minimum absolute atomic E-state index is 0.0802. The molecule has 0 spiro atoms. The first-order chi connectivity index (χ1) is 10.2. The Kier molecular flexibility index (Phi) is 3.99. The van der Waals surface area contributed by atoms with Crippen molar-refractivity contribution in [1.82, 2.24) is 0 Å². The van der Waals surface area contributed by atoms with Crippen LogP contribution >= 0.6 is 0 Å². The molecule has 0 aromatic heterocycles. The summed E-state index contributed by atoms with van der Waals surface area (Å²) in [4.78, 5) is 23.4. The Hall–Kier alpha value is -2.70. The maximum Gasteiger partial charge on any atom is 0.454 e. The lowest BCUT2D eigenvalue weighted by molar-refractivity contribution is -0.0884. The summed E-state index contributed by atoms with van der Waals surface area (Å²) in [5.41, 5.74) is 4.13. The molecule has 114 valence electrons. The number of rotatable bonds is 3. The Balaban J connectivity index is 2.43. The normalized spacial score (nSPS) is 11.3. The zero-order valence-corrected chi connectivity index (χ0v) is 10.9. The molecule has 0 aliphatic heterocycles. The van der Waals surface area contributed by atoms with Crippen molar-refractivity contribution in [1.29, 1.82) is 0 Å². The van der Waals surface area contributed by atoms with E-state index in [9.17, 15) is 27.2 Å². The fourth-order valence-electron chi connectivity index (χ4n) is 1.81. The predicted octanol–water partition coefficient (Wildman–Crippen LogP) is 3.38. The molecule has 2 aromatic carbocycles. The number of benzene rings is 2. The van der Waals surface area contributed by atoms with Crippen LogP contribution in [0.15, 0.2) is 42.5 Å². The van der Waals surface area contributed by atoms with Crippen LogP contribution in [0.1, 0.15) is 26.3 Å². The van der Waals surface area contributed by atoms with Crippen molar-refractivity contribution in [3.05, 3.63) is 65.0 Å². The van der Waals surface area contributed by atoms with Crippen LogP contribution in [0.25, 0.3) is 0 Å². The quantitative estimate of drug-likeness (QED) is 0.537. The first-order valence-electron chi connectivity index (χ1n) is 6.01. The molecular weight excluding hydrogens is 302 g/mol. The average Bonchev–Trinajstić information content (AvgIpc) is 2.46. The van der Waals surface area contributed by atoms with Crippen LogP contribution in [0.4, 0.5) is 23.2 Å². The number of ketones is 2. The highest BCUT2D eigenvalue weighted by Crippen LogP contribution is 2.26. The molecule has 2 rings (SSSR count). The molecule has 0 fully saturated rings. The van der Waals surface area contributed by atoms with Gasteiger partial charge in [0, 0.05) is 16.8 Å². The molecule has 2 aromatic rings. The van der Waals surface area contributed by atoms with Crippen molar-refractivity contribution >= 4 is 17.3 Å². The van der Waals surface area contributed by atoms with Gasteiger partial charge in [0.15, 0.2) is 5.78 Å².